The van der Waals surface area contributed by atoms with Crippen LogP contribution in [0.25, 0.3) is 16.6 Å². The minimum Gasteiger partial charge on any atom is -0.354 e. The van der Waals surface area contributed by atoms with Crippen LogP contribution >= 0.6 is 15.9 Å². The van der Waals surface area contributed by atoms with E-state index in [1.54, 1.807) is 4.52 Å². The summed E-state index contributed by atoms with van der Waals surface area (Å²) in [6, 6.07) is 7.45. The number of nitrogens with zero attached hydrogens (tertiary/aromatic N) is 4. The normalized spacial score (nSPS) is 18.8. The number of nitrogens with one attached hydrogen (secondary N) is 2. The van der Waals surface area contributed by atoms with E-state index < -0.39 is 0 Å². The highest BCUT2D eigenvalue weighted by Crippen LogP contribution is 2.23. The second kappa shape index (κ2) is 5.77. The molecule has 2 aromatic heterocycles. The van der Waals surface area contributed by atoms with Crippen molar-refractivity contribution in [3.8, 4) is 0 Å². The number of carbonyl (C=O) groups is 1. The van der Waals surface area contributed by atoms with Crippen molar-refractivity contribution < 1.29 is 4.79 Å². The van der Waals surface area contributed by atoms with Gasteiger partial charge in [0.25, 0.3) is 0 Å². The van der Waals surface area contributed by atoms with Crippen LogP contribution in [0, 0.1) is 0 Å². The van der Waals surface area contributed by atoms with Gasteiger partial charge in [0.1, 0.15) is 6.04 Å². The second-order valence-corrected chi connectivity index (χ2v) is 6.26. The van der Waals surface area contributed by atoms with E-state index in [2.05, 4.69) is 41.6 Å². The number of aromatic nitrogens is 4. The summed E-state index contributed by atoms with van der Waals surface area (Å²) in [5, 5.41) is 11.4. The predicted molar refractivity (Wildman–Crippen MR) is 90.3 cm³/mol. The van der Waals surface area contributed by atoms with Gasteiger partial charge in [-0.2, -0.15) is 4.52 Å². The van der Waals surface area contributed by atoms with Gasteiger partial charge in [-0.15, -0.1) is 5.10 Å². The Bertz CT molecular complexity index is 892. The number of hydrogen-bond acceptors (Lipinski definition) is 5. The van der Waals surface area contributed by atoms with Gasteiger partial charge < -0.3 is 10.6 Å². The Morgan fingerprint density at radius 2 is 2.13 bits per heavy atom. The van der Waals surface area contributed by atoms with E-state index >= 15 is 0 Å². The second-order valence-electron chi connectivity index (χ2n) is 5.55. The molecule has 1 aromatic carbocycles. The summed E-state index contributed by atoms with van der Waals surface area (Å²) in [4.78, 5) is 21.2. The number of para-hydroxylation sites is 1. The first-order valence-corrected chi connectivity index (χ1v) is 8.37. The van der Waals surface area contributed by atoms with Gasteiger partial charge >= 0.3 is 0 Å². The maximum absolute atomic E-state index is 12.2. The summed E-state index contributed by atoms with van der Waals surface area (Å²) in [6.07, 6.45) is 2.77. The third kappa shape index (κ3) is 2.63. The molecule has 7 nitrogen and oxygen atoms in total. The van der Waals surface area contributed by atoms with Crippen molar-refractivity contribution in [1.82, 2.24) is 24.9 Å². The van der Waals surface area contributed by atoms with E-state index in [9.17, 15) is 4.79 Å². The highest BCUT2D eigenvalue weighted by atomic mass is 79.9. The third-order valence-electron chi connectivity index (χ3n) is 3.99. The zero-order valence-electron chi connectivity index (χ0n) is 12.3. The maximum Gasteiger partial charge on any atom is 0.242 e. The van der Waals surface area contributed by atoms with E-state index in [1.807, 2.05) is 24.3 Å². The minimum atomic E-state index is -0.308. The molecule has 23 heavy (non-hydrogen) atoms. The maximum atomic E-state index is 12.2. The first kappa shape index (κ1) is 14.4. The van der Waals surface area contributed by atoms with Crippen LogP contribution in [-0.4, -0.2) is 38.1 Å². The van der Waals surface area contributed by atoms with Crippen molar-refractivity contribution in [1.29, 1.82) is 0 Å². The molecule has 0 saturated carbocycles. The van der Waals surface area contributed by atoms with Gasteiger partial charge in [0, 0.05) is 11.9 Å². The molecule has 2 N–H and O–H groups in total. The summed E-state index contributed by atoms with van der Waals surface area (Å²) in [7, 11) is 0. The monoisotopic (exact) mass is 374 g/mol. The van der Waals surface area contributed by atoms with Crippen LogP contribution in [0.2, 0.25) is 0 Å². The predicted octanol–water partition coefficient (Wildman–Crippen LogP) is 2.12. The topological polar surface area (TPSA) is 84.2 Å². The van der Waals surface area contributed by atoms with E-state index in [0.29, 0.717) is 16.3 Å². The van der Waals surface area contributed by atoms with Crippen LogP contribution < -0.4 is 10.6 Å². The quantitative estimate of drug-likeness (QED) is 0.717. The van der Waals surface area contributed by atoms with Crippen molar-refractivity contribution >= 4 is 44.3 Å². The molecule has 3 aromatic rings. The molecule has 0 unspecified atom stereocenters. The molecule has 1 atom stereocenters. The lowest BCUT2D eigenvalue weighted by atomic mass is 10.1. The molecule has 8 heteroatoms. The summed E-state index contributed by atoms with van der Waals surface area (Å²) in [6.45, 7) is 0.729. The van der Waals surface area contributed by atoms with Gasteiger partial charge in [0.2, 0.25) is 16.6 Å². The lowest BCUT2D eigenvalue weighted by molar-refractivity contribution is -0.121. The molecule has 0 aliphatic carbocycles. The van der Waals surface area contributed by atoms with Gasteiger partial charge in [0.05, 0.1) is 5.52 Å². The van der Waals surface area contributed by atoms with Crippen molar-refractivity contribution in [3.63, 3.8) is 0 Å². The molecule has 1 aliphatic rings. The summed E-state index contributed by atoms with van der Waals surface area (Å²) >= 11 is 3.32. The molecule has 1 aliphatic heterocycles. The first-order valence-electron chi connectivity index (χ1n) is 7.57. The number of carbonyl (C=O) groups excluding carboxylic acids is 1. The largest absolute Gasteiger partial charge is 0.354 e. The molecule has 118 valence electrons. The number of halogens is 1. The highest BCUT2D eigenvalue weighted by Gasteiger charge is 2.23. The molecule has 4 rings (SSSR count). The van der Waals surface area contributed by atoms with Crippen molar-refractivity contribution in [3.05, 3.63) is 29.0 Å². The van der Waals surface area contributed by atoms with E-state index in [-0.39, 0.29) is 11.9 Å². The molecule has 0 radical (unpaired) electrons. The van der Waals surface area contributed by atoms with Gasteiger partial charge in [-0.1, -0.05) is 12.1 Å². The fraction of sp³-hybridized carbons (Fsp3) is 0.333. The SMILES string of the molecule is O=C1NCCCC[C@H]1Nc1nc2ccccc2c2nc(Br)nn12. The van der Waals surface area contributed by atoms with Crippen LogP contribution in [0.15, 0.2) is 29.0 Å². The van der Waals surface area contributed by atoms with Crippen LogP contribution in [0.1, 0.15) is 19.3 Å². The molecule has 3 heterocycles. The van der Waals surface area contributed by atoms with Crippen LogP contribution in [0.3, 0.4) is 0 Å². The fourth-order valence-corrected chi connectivity index (χ4v) is 3.18. The van der Waals surface area contributed by atoms with E-state index in [1.165, 1.54) is 0 Å². The van der Waals surface area contributed by atoms with Gasteiger partial charge in [0.15, 0.2) is 5.65 Å². The fourth-order valence-electron chi connectivity index (χ4n) is 2.86. The smallest absolute Gasteiger partial charge is 0.242 e. The van der Waals surface area contributed by atoms with Gasteiger partial charge in [-0.05, 0) is 47.3 Å². The van der Waals surface area contributed by atoms with Crippen molar-refractivity contribution in [2.75, 3.05) is 11.9 Å². The first-order chi connectivity index (χ1) is 11.2. The zero-order chi connectivity index (χ0) is 15.8. The van der Waals surface area contributed by atoms with Crippen molar-refractivity contribution in [2.45, 2.75) is 25.3 Å². The Hall–Kier alpha value is -2.22. The number of rotatable bonds is 2. The van der Waals surface area contributed by atoms with Crippen molar-refractivity contribution in [2.24, 2.45) is 0 Å². The average molecular weight is 375 g/mol. The number of benzene rings is 1. The van der Waals surface area contributed by atoms with E-state index in [0.717, 1.165) is 36.7 Å². The van der Waals surface area contributed by atoms with Crippen LogP contribution in [0.4, 0.5) is 5.95 Å². The number of amides is 1. The molecule has 1 fully saturated rings. The Morgan fingerprint density at radius 3 is 3.04 bits per heavy atom. The Labute approximate surface area is 140 Å². The van der Waals surface area contributed by atoms with Gasteiger partial charge in [-0.3, -0.25) is 4.79 Å². The zero-order valence-corrected chi connectivity index (χ0v) is 13.9. The molecular weight excluding hydrogens is 360 g/mol. The minimum absolute atomic E-state index is 0.00443. The third-order valence-corrected chi connectivity index (χ3v) is 4.33. The average Bonchev–Trinajstić information content (AvgIpc) is 2.84. The lowest BCUT2D eigenvalue weighted by Crippen LogP contribution is -2.38. The summed E-state index contributed by atoms with van der Waals surface area (Å²) in [5.41, 5.74) is 1.52. The number of fused-ring (bicyclic) bond motifs is 3. The van der Waals surface area contributed by atoms with Crippen LogP contribution in [-0.2, 0) is 4.79 Å². The molecule has 0 spiro atoms. The molecule has 1 amide bonds. The number of anilines is 1. The van der Waals surface area contributed by atoms with E-state index in [4.69, 9.17) is 0 Å². The Kier molecular flexibility index (Phi) is 3.60. The van der Waals surface area contributed by atoms with Gasteiger partial charge in [-0.25, -0.2) is 9.97 Å². The number of hydrogen-bond donors (Lipinski definition) is 2. The molecule has 1 saturated heterocycles. The Morgan fingerprint density at radius 1 is 1.26 bits per heavy atom. The Balaban J connectivity index is 1.82. The summed E-state index contributed by atoms with van der Waals surface area (Å²) in [5.74, 6) is 0.531. The molecule has 0 bridgehead atoms. The standard InChI is InChI=1S/C15H15BrN6O/c16-14-20-12-9-5-1-2-6-10(9)18-15(22(12)21-14)19-11-7-3-4-8-17-13(11)23/h1-2,5-6,11H,3-4,7-8H2,(H,17,23)(H,18,19)/t11-/m1/s1. The van der Waals surface area contributed by atoms with Crippen LogP contribution in [0.5, 0.6) is 0 Å². The summed E-state index contributed by atoms with van der Waals surface area (Å²) < 4.78 is 2.13. The highest BCUT2D eigenvalue weighted by molar-refractivity contribution is 9.10. The molecular formula is C15H15BrN6O. The lowest BCUT2D eigenvalue weighted by Gasteiger charge is -2.16.